The van der Waals surface area contributed by atoms with E-state index in [1.807, 2.05) is 0 Å². The summed E-state index contributed by atoms with van der Waals surface area (Å²) in [6.07, 6.45) is 1.05. The van der Waals surface area contributed by atoms with Gasteiger partial charge in [0.15, 0.2) is 0 Å². The van der Waals surface area contributed by atoms with Crippen molar-refractivity contribution in [2.24, 2.45) is 0 Å². The zero-order valence-electron chi connectivity index (χ0n) is 13.4. The van der Waals surface area contributed by atoms with Crippen LogP contribution in [0.4, 0.5) is 15.8 Å². The number of rotatable bonds is 5. The molecular formula is C16H17FN2O4S. The Labute approximate surface area is 139 Å². The lowest BCUT2D eigenvalue weighted by Gasteiger charge is -2.18. The molecule has 0 aliphatic carbocycles. The molecule has 2 aromatic rings. The average molecular weight is 352 g/mol. The molecule has 0 saturated heterocycles. The van der Waals surface area contributed by atoms with Crippen LogP contribution < -0.4 is 14.4 Å². The minimum Gasteiger partial charge on any atom is -0.496 e. The number of methoxy groups -OCH3 is 1. The number of hydrogen-bond acceptors (Lipinski definition) is 4. The number of anilines is 2. The standard InChI is InChI=1S/C16H17FN2O4S/c1-19(24(3,21)22)11-8-9-15(23-2)12(10-11)16(20)18-14-7-5-4-6-13(14)17/h4-10H,1-3H3,(H,18,20). The van der Waals surface area contributed by atoms with Crippen molar-refractivity contribution in [3.63, 3.8) is 0 Å². The first kappa shape index (κ1) is 17.7. The molecule has 0 aliphatic rings. The van der Waals surface area contributed by atoms with Gasteiger partial charge in [-0.1, -0.05) is 12.1 Å². The third-order valence-corrected chi connectivity index (χ3v) is 4.62. The third-order valence-electron chi connectivity index (χ3n) is 3.41. The van der Waals surface area contributed by atoms with Crippen molar-refractivity contribution in [3.05, 3.63) is 53.8 Å². The fraction of sp³-hybridized carbons (Fsp3) is 0.188. The van der Waals surface area contributed by atoms with E-state index in [4.69, 9.17) is 4.74 Å². The predicted molar refractivity (Wildman–Crippen MR) is 90.6 cm³/mol. The van der Waals surface area contributed by atoms with Crippen molar-refractivity contribution in [1.29, 1.82) is 0 Å². The molecule has 6 nitrogen and oxygen atoms in total. The molecule has 0 spiro atoms. The topological polar surface area (TPSA) is 75.7 Å². The van der Waals surface area contributed by atoms with Gasteiger partial charge in [-0.05, 0) is 30.3 Å². The molecular weight excluding hydrogens is 335 g/mol. The van der Waals surface area contributed by atoms with Crippen LogP contribution in [0.25, 0.3) is 0 Å². The Hall–Kier alpha value is -2.61. The fourth-order valence-corrected chi connectivity index (χ4v) is 2.51. The van der Waals surface area contributed by atoms with Crippen molar-refractivity contribution < 1.29 is 22.3 Å². The first-order valence-electron chi connectivity index (χ1n) is 6.92. The minimum absolute atomic E-state index is 0.0198. The molecule has 0 radical (unpaired) electrons. The summed E-state index contributed by atoms with van der Waals surface area (Å²) in [5, 5.41) is 2.44. The summed E-state index contributed by atoms with van der Waals surface area (Å²) in [7, 11) is -0.728. The van der Waals surface area contributed by atoms with Gasteiger partial charge in [0.25, 0.3) is 5.91 Å². The summed E-state index contributed by atoms with van der Waals surface area (Å²) in [4.78, 5) is 12.4. The van der Waals surface area contributed by atoms with Gasteiger partial charge in [-0.25, -0.2) is 12.8 Å². The molecule has 2 aromatic carbocycles. The molecule has 8 heteroatoms. The zero-order chi connectivity index (χ0) is 17.9. The van der Waals surface area contributed by atoms with Crippen LogP contribution in [0.3, 0.4) is 0 Å². The van der Waals surface area contributed by atoms with Gasteiger partial charge in [0.1, 0.15) is 11.6 Å². The van der Waals surface area contributed by atoms with Crippen LogP contribution in [0.1, 0.15) is 10.4 Å². The summed E-state index contributed by atoms with van der Waals surface area (Å²) in [6.45, 7) is 0. The normalized spacial score (nSPS) is 11.0. The van der Waals surface area contributed by atoms with Crippen LogP contribution in [-0.2, 0) is 10.0 Å². The highest BCUT2D eigenvalue weighted by molar-refractivity contribution is 7.92. The molecule has 24 heavy (non-hydrogen) atoms. The van der Waals surface area contributed by atoms with Crippen LogP contribution in [0, 0.1) is 5.82 Å². The lowest BCUT2D eigenvalue weighted by molar-refractivity contribution is 0.102. The van der Waals surface area contributed by atoms with E-state index in [9.17, 15) is 17.6 Å². The van der Waals surface area contributed by atoms with Crippen LogP contribution in [-0.4, -0.2) is 34.7 Å². The zero-order valence-corrected chi connectivity index (χ0v) is 14.2. The Balaban J connectivity index is 2.40. The van der Waals surface area contributed by atoms with Crippen molar-refractivity contribution in [1.82, 2.24) is 0 Å². The molecule has 0 atom stereocenters. The lowest BCUT2D eigenvalue weighted by Crippen LogP contribution is -2.25. The van der Waals surface area contributed by atoms with Gasteiger partial charge in [0.05, 0.1) is 30.3 Å². The number of nitrogens with one attached hydrogen (secondary N) is 1. The highest BCUT2D eigenvalue weighted by Gasteiger charge is 2.18. The molecule has 1 amide bonds. The highest BCUT2D eigenvalue weighted by Crippen LogP contribution is 2.27. The van der Waals surface area contributed by atoms with Crippen molar-refractivity contribution in [3.8, 4) is 5.75 Å². The molecule has 1 N–H and O–H groups in total. The van der Waals surface area contributed by atoms with E-state index in [1.165, 1.54) is 50.6 Å². The number of carbonyl (C=O) groups excluding carboxylic acids is 1. The van der Waals surface area contributed by atoms with Crippen LogP contribution >= 0.6 is 0 Å². The second-order valence-corrected chi connectivity index (χ2v) is 7.06. The first-order chi connectivity index (χ1) is 11.2. The number of sulfonamides is 1. The number of carbonyl (C=O) groups is 1. The summed E-state index contributed by atoms with van der Waals surface area (Å²) in [5.41, 5.74) is 0.400. The Bertz CT molecular complexity index is 868. The number of halogens is 1. The Morgan fingerprint density at radius 2 is 1.88 bits per heavy atom. The molecule has 0 bridgehead atoms. The molecule has 0 aromatic heterocycles. The van der Waals surface area contributed by atoms with Gasteiger partial charge in [0.2, 0.25) is 10.0 Å². The van der Waals surface area contributed by atoms with Crippen LogP contribution in [0.5, 0.6) is 5.75 Å². The number of nitrogens with zero attached hydrogens (tertiary/aromatic N) is 1. The van der Waals surface area contributed by atoms with Gasteiger partial charge >= 0.3 is 0 Å². The van der Waals surface area contributed by atoms with Gasteiger partial charge in [-0.3, -0.25) is 9.10 Å². The van der Waals surface area contributed by atoms with E-state index in [2.05, 4.69) is 5.32 Å². The van der Waals surface area contributed by atoms with E-state index in [0.717, 1.165) is 10.6 Å². The molecule has 0 aliphatic heterocycles. The number of para-hydroxylation sites is 1. The Kier molecular flexibility index (Phi) is 5.08. The molecule has 128 valence electrons. The van der Waals surface area contributed by atoms with Gasteiger partial charge in [0, 0.05) is 7.05 Å². The summed E-state index contributed by atoms with van der Waals surface area (Å²) >= 11 is 0. The average Bonchev–Trinajstić information content (AvgIpc) is 2.54. The largest absolute Gasteiger partial charge is 0.496 e. The first-order valence-corrected chi connectivity index (χ1v) is 8.76. The number of hydrogen-bond donors (Lipinski definition) is 1. The van der Waals surface area contributed by atoms with E-state index in [1.54, 1.807) is 6.07 Å². The summed E-state index contributed by atoms with van der Waals surface area (Å²) in [6, 6.07) is 10.1. The van der Waals surface area contributed by atoms with Crippen LogP contribution in [0.15, 0.2) is 42.5 Å². The third kappa shape index (κ3) is 3.83. The van der Waals surface area contributed by atoms with Gasteiger partial charge in [-0.15, -0.1) is 0 Å². The van der Waals surface area contributed by atoms with Crippen molar-refractivity contribution >= 4 is 27.3 Å². The second-order valence-electron chi connectivity index (χ2n) is 5.05. The quantitative estimate of drug-likeness (QED) is 0.897. The molecule has 0 unspecified atom stereocenters. The van der Waals surface area contributed by atoms with Crippen molar-refractivity contribution in [2.75, 3.05) is 30.0 Å². The van der Waals surface area contributed by atoms with Gasteiger partial charge in [-0.2, -0.15) is 0 Å². The maximum Gasteiger partial charge on any atom is 0.259 e. The highest BCUT2D eigenvalue weighted by atomic mass is 32.2. The number of benzene rings is 2. The van der Waals surface area contributed by atoms with Gasteiger partial charge < -0.3 is 10.1 Å². The Morgan fingerprint density at radius 1 is 1.21 bits per heavy atom. The summed E-state index contributed by atoms with van der Waals surface area (Å²) in [5.74, 6) is -0.940. The summed E-state index contributed by atoms with van der Waals surface area (Å²) < 4.78 is 43.1. The minimum atomic E-state index is -3.48. The SMILES string of the molecule is COc1ccc(N(C)S(C)(=O)=O)cc1C(=O)Nc1ccccc1F. The molecule has 0 fully saturated rings. The fourth-order valence-electron chi connectivity index (χ4n) is 2.01. The van der Waals surface area contributed by atoms with Crippen LogP contribution in [0.2, 0.25) is 0 Å². The molecule has 0 heterocycles. The second kappa shape index (κ2) is 6.88. The van der Waals surface area contributed by atoms with E-state index in [-0.39, 0.29) is 22.7 Å². The number of amides is 1. The van der Waals surface area contributed by atoms with E-state index >= 15 is 0 Å². The maximum absolute atomic E-state index is 13.7. The molecule has 2 rings (SSSR count). The Morgan fingerprint density at radius 3 is 2.46 bits per heavy atom. The van der Waals surface area contributed by atoms with E-state index < -0.39 is 21.7 Å². The smallest absolute Gasteiger partial charge is 0.259 e. The van der Waals surface area contributed by atoms with E-state index in [0.29, 0.717) is 0 Å². The predicted octanol–water partition coefficient (Wildman–Crippen LogP) is 2.48. The monoisotopic (exact) mass is 352 g/mol. The van der Waals surface area contributed by atoms with Crippen molar-refractivity contribution in [2.45, 2.75) is 0 Å². The number of ether oxygens (including phenoxy) is 1. The lowest BCUT2D eigenvalue weighted by atomic mass is 10.1. The molecule has 0 saturated carbocycles. The maximum atomic E-state index is 13.7.